The first-order valence-electron chi connectivity index (χ1n) is 9.33. The summed E-state index contributed by atoms with van der Waals surface area (Å²) in [5, 5.41) is 2.31. The molecule has 156 valence electrons. The molecule has 0 radical (unpaired) electrons. The highest BCUT2D eigenvalue weighted by atomic mass is 79.9. The van der Waals surface area contributed by atoms with Crippen LogP contribution in [0.15, 0.2) is 45.8 Å². The van der Waals surface area contributed by atoms with Gasteiger partial charge in [0, 0.05) is 5.69 Å². The van der Waals surface area contributed by atoms with E-state index < -0.39 is 17.1 Å². The van der Waals surface area contributed by atoms with E-state index in [9.17, 15) is 14.4 Å². The predicted molar refractivity (Wildman–Crippen MR) is 123 cm³/mol. The molecular weight excluding hydrogens is 468 g/mol. The van der Waals surface area contributed by atoms with Crippen LogP contribution in [0.4, 0.5) is 10.5 Å². The van der Waals surface area contributed by atoms with E-state index in [-0.39, 0.29) is 11.4 Å². The van der Waals surface area contributed by atoms with Gasteiger partial charge in [-0.05, 0) is 89.4 Å². The number of hydrogen-bond donors (Lipinski definition) is 1. The molecule has 0 atom stereocenters. The van der Waals surface area contributed by atoms with Crippen LogP contribution in [-0.4, -0.2) is 35.1 Å². The minimum Gasteiger partial charge on any atom is -0.493 e. The van der Waals surface area contributed by atoms with Crippen LogP contribution in [0.1, 0.15) is 23.6 Å². The summed E-state index contributed by atoms with van der Waals surface area (Å²) in [7, 11) is 0. The monoisotopic (exact) mass is 488 g/mol. The van der Waals surface area contributed by atoms with Gasteiger partial charge in [-0.15, -0.1) is 0 Å². The van der Waals surface area contributed by atoms with Gasteiger partial charge in [0.05, 0.1) is 16.0 Å². The van der Waals surface area contributed by atoms with Crippen molar-refractivity contribution >= 4 is 56.5 Å². The first-order valence-corrected chi connectivity index (χ1v) is 10.9. The molecule has 0 aromatic heterocycles. The second-order valence-electron chi connectivity index (χ2n) is 6.76. The number of carbonyl (C=O) groups is 3. The number of ether oxygens (including phenoxy) is 1. The summed E-state index contributed by atoms with van der Waals surface area (Å²) in [6, 6.07) is 11.1. The molecule has 2 aromatic rings. The van der Waals surface area contributed by atoms with Gasteiger partial charge in [0.1, 0.15) is 12.3 Å². The standard InChI is InChI=1S/C22H21BrN2O4S/c1-4-29-18-8-7-15(10-16(18)23)11-19-21(27)25(22(28)30-19)12-20(26)24-17-9-13(2)5-6-14(17)3/h5-11H,4,12H2,1-3H3,(H,24,26)/b19-11-. The molecule has 0 bridgehead atoms. The van der Waals surface area contributed by atoms with Crippen molar-refractivity contribution in [2.45, 2.75) is 20.8 Å². The van der Waals surface area contributed by atoms with Crippen LogP contribution in [0.3, 0.4) is 0 Å². The molecule has 1 aliphatic heterocycles. The molecule has 2 aromatic carbocycles. The fraction of sp³-hybridized carbons (Fsp3) is 0.227. The number of rotatable bonds is 6. The average Bonchev–Trinajstić information content (AvgIpc) is 2.94. The van der Waals surface area contributed by atoms with Gasteiger partial charge >= 0.3 is 0 Å². The van der Waals surface area contributed by atoms with Gasteiger partial charge in [0.25, 0.3) is 11.1 Å². The summed E-state index contributed by atoms with van der Waals surface area (Å²) in [5.41, 5.74) is 3.33. The molecule has 0 aliphatic carbocycles. The Morgan fingerprint density at radius 1 is 1.20 bits per heavy atom. The van der Waals surface area contributed by atoms with Crippen molar-refractivity contribution in [2.24, 2.45) is 0 Å². The van der Waals surface area contributed by atoms with Crippen molar-refractivity contribution in [3.05, 3.63) is 62.5 Å². The number of halogens is 1. The van der Waals surface area contributed by atoms with Gasteiger partial charge in [0.15, 0.2) is 0 Å². The molecule has 1 N–H and O–H groups in total. The number of hydrogen-bond acceptors (Lipinski definition) is 5. The number of aryl methyl sites for hydroxylation is 2. The fourth-order valence-electron chi connectivity index (χ4n) is 2.87. The number of nitrogens with zero attached hydrogens (tertiary/aromatic N) is 1. The van der Waals surface area contributed by atoms with Crippen LogP contribution in [-0.2, 0) is 9.59 Å². The van der Waals surface area contributed by atoms with Crippen LogP contribution in [0.5, 0.6) is 5.75 Å². The van der Waals surface area contributed by atoms with Gasteiger partial charge in [-0.1, -0.05) is 18.2 Å². The minimum absolute atomic E-state index is 0.274. The number of nitrogens with one attached hydrogen (secondary N) is 1. The maximum absolute atomic E-state index is 12.7. The van der Waals surface area contributed by atoms with E-state index in [1.54, 1.807) is 18.2 Å². The van der Waals surface area contributed by atoms with Crippen molar-refractivity contribution in [3.8, 4) is 5.75 Å². The van der Waals surface area contributed by atoms with Crippen molar-refractivity contribution in [2.75, 3.05) is 18.5 Å². The molecule has 1 saturated heterocycles. The van der Waals surface area contributed by atoms with E-state index >= 15 is 0 Å². The van der Waals surface area contributed by atoms with Gasteiger partial charge in [-0.2, -0.15) is 0 Å². The summed E-state index contributed by atoms with van der Waals surface area (Å²) in [6.45, 7) is 5.92. The largest absolute Gasteiger partial charge is 0.493 e. The van der Waals surface area contributed by atoms with Crippen LogP contribution in [0.25, 0.3) is 6.08 Å². The topological polar surface area (TPSA) is 75.7 Å². The molecule has 0 saturated carbocycles. The fourth-order valence-corrected chi connectivity index (χ4v) is 4.22. The van der Waals surface area contributed by atoms with Gasteiger partial charge in [0.2, 0.25) is 5.91 Å². The minimum atomic E-state index is -0.480. The van der Waals surface area contributed by atoms with Gasteiger partial charge < -0.3 is 10.1 Å². The van der Waals surface area contributed by atoms with E-state index in [1.165, 1.54) is 0 Å². The maximum atomic E-state index is 12.7. The maximum Gasteiger partial charge on any atom is 0.294 e. The number of carbonyl (C=O) groups excluding carboxylic acids is 3. The predicted octanol–water partition coefficient (Wildman–Crippen LogP) is 5.14. The third-order valence-corrected chi connectivity index (χ3v) is 5.92. The molecule has 1 heterocycles. The van der Waals surface area contributed by atoms with E-state index in [1.807, 2.05) is 45.0 Å². The number of imide groups is 1. The summed E-state index contributed by atoms with van der Waals surface area (Å²) < 4.78 is 6.23. The molecule has 3 rings (SSSR count). The highest BCUT2D eigenvalue weighted by molar-refractivity contribution is 9.10. The second-order valence-corrected chi connectivity index (χ2v) is 8.60. The molecule has 0 unspecified atom stereocenters. The number of thioether (sulfide) groups is 1. The molecule has 0 spiro atoms. The zero-order valence-corrected chi connectivity index (χ0v) is 19.2. The third kappa shape index (κ3) is 5.12. The third-order valence-electron chi connectivity index (χ3n) is 4.40. The first kappa shape index (κ1) is 22.1. The van der Waals surface area contributed by atoms with E-state index in [2.05, 4.69) is 21.2 Å². The number of benzene rings is 2. The number of amides is 3. The summed E-state index contributed by atoms with van der Waals surface area (Å²) in [5.74, 6) is -0.201. The average molecular weight is 489 g/mol. The summed E-state index contributed by atoms with van der Waals surface area (Å²) in [6.07, 6.45) is 1.63. The van der Waals surface area contributed by atoms with E-state index in [0.717, 1.165) is 37.8 Å². The summed E-state index contributed by atoms with van der Waals surface area (Å²) >= 11 is 4.26. The Morgan fingerprint density at radius 3 is 2.67 bits per heavy atom. The Balaban J connectivity index is 1.71. The molecule has 3 amide bonds. The Labute approximate surface area is 187 Å². The smallest absolute Gasteiger partial charge is 0.294 e. The first-order chi connectivity index (χ1) is 14.3. The summed E-state index contributed by atoms with van der Waals surface area (Å²) in [4.78, 5) is 38.7. The Hall–Kier alpha value is -2.58. The molecular formula is C22H21BrN2O4S. The zero-order valence-electron chi connectivity index (χ0n) is 16.8. The molecule has 1 fully saturated rings. The molecule has 8 heteroatoms. The zero-order chi connectivity index (χ0) is 21.8. The highest BCUT2D eigenvalue weighted by Gasteiger charge is 2.36. The molecule has 6 nitrogen and oxygen atoms in total. The van der Waals surface area contributed by atoms with Crippen molar-refractivity contribution in [1.82, 2.24) is 4.90 Å². The van der Waals surface area contributed by atoms with Crippen LogP contribution < -0.4 is 10.1 Å². The second kappa shape index (κ2) is 9.49. The number of anilines is 1. The lowest BCUT2D eigenvalue weighted by molar-refractivity contribution is -0.127. The van der Waals surface area contributed by atoms with Gasteiger partial charge in [-0.25, -0.2) is 0 Å². The van der Waals surface area contributed by atoms with Crippen molar-refractivity contribution in [3.63, 3.8) is 0 Å². The normalized spacial score (nSPS) is 15.1. The SMILES string of the molecule is CCOc1ccc(/C=C2\SC(=O)N(CC(=O)Nc3cc(C)ccc3C)C2=O)cc1Br. The Bertz CT molecular complexity index is 1050. The lowest BCUT2D eigenvalue weighted by atomic mass is 10.1. The van der Waals surface area contributed by atoms with Crippen molar-refractivity contribution in [1.29, 1.82) is 0 Å². The van der Waals surface area contributed by atoms with Crippen molar-refractivity contribution < 1.29 is 19.1 Å². The Kier molecular flexibility index (Phi) is 6.99. The lowest BCUT2D eigenvalue weighted by Crippen LogP contribution is -2.36. The lowest BCUT2D eigenvalue weighted by Gasteiger charge is -2.14. The van der Waals surface area contributed by atoms with E-state index in [0.29, 0.717) is 18.0 Å². The van der Waals surface area contributed by atoms with E-state index in [4.69, 9.17) is 4.74 Å². The molecule has 1 aliphatic rings. The van der Waals surface area contributed by atoms with Crippen LogP contribution in [0.2, 0.25) is 0 Å². The van der Waals surface area contributed by atoms with Crippen LogP contribution in [0, 0.1) is 13.8 Å². The molecule has 30 heavy (non-hydrogen) atoms. The Morgan fingerprint density at radius 2 is 1.97 bits per heavy atom. The van der Waals surface area contributed by atoms with Crippen LogP contribution >= 0.6 is 27.7 Å². The highest BCUT2D eigenvalue weighted by Crippen LogP contribution is 2.34. The quantitative estimate of drug-likeness (QED) is 0.569. The van der Waals surface area contributed by atoms with Gasteiger partial charge in [-0.3, -0.25) is 19.3 Å².